The molecule has 6 aliphatic rings. The van der Waals surface area contributed by atoms with E-state index in [0.717, 1.165) is 54.4 Å². The highest BCUT2D eigenvalue weighted by atomic mass is 16.5. The summed E-state index contributed by atoms with van der Waals surface area (Å²) in [5.74, 6) is 3.17. The Morgan fingerprint density at radius 2 is 1.75 bits per heavy atom. The number of aromatic hydroxyl groups is 1. The summed E-state index contributed by atoms with van der Waals surface area (Å²) >= 11 is 0. The van der Waals surface area contributed by atoms with Crippen LogP contribution in [0.3, 0.4) is 0 Å². The number of benzene rings is 1. The molecule has 152 valence electrons. The standard InChI is InChI=1S/C24H32O4/c1-23(2)19-4-3-16(25)10-18(19)22-20(26)8-15(9-21(22)28-23)24-11-13-5-14(12-24)7-17(6-13)27-24/h8-9,13-14,16-19,25-26H,3-7,10-12H2,1-2H3/t13?,14?,16-,17?,18-,19-,24?/m1/s1. The third kappa shape index (κ3) is 2.43. The second-order valence-electron chi connectivity index (χ2n) is 10.9. The minimum Gasteiger partial charge on any atom is -0.508 e. The second kappa shape index (κ2) is 5.66. The van der Waals surface area contributed by atoms with Gasteiger partial charge in [0, 0.05) is 17.4 Å². The molecule has 5 fully saturated rings. The molecule has 0 radical (unpaired) electrons. The van der Waals surface area contributed by atoms with Gasteiger partial charge < -0.3 is 19.7 Å². The summed E-state index contributed by atoms with van der Waals surface area (Å²) in [5, 5.41) is 21.4. The molecular formula is C24H32O4. The van der Waals surface area contributed by atoms with Crippen LogP contribution >= 0.6 is 0 Å². The molecule has 28 heavy (non-hydrogen) atoms. The molecule has 5 atom stereocenters. The summed E-state index contributed by atoms with van der Waals surface area (Å²) < 4.78 is 13.1. The lowest BCUT2D eigenvalue weighted by molar-refractivity contribution is -0.226. The van der Waals surface area contributed by atoms with E-state index in [2.05, 4.69) is 19.9 Å². The first-order chi connectivity index (χ1) is 13.3. The Morgan fingerprint density at radius 3 is 2.46 bits per heavy atom. The topological polar surface area (TPSA) is 58.9 Å². The van der Waals surface area contributed by atoms with Crippen LogP contribution in [0.15, 0.2) is 12.1 Å². The minimum atomic E-state index is -0.287. The van der Waals surface area contributed by atoms with Crippen LogP contribution in [0.1, 0.15) is 82.3 Å². The average Bonchev–Trinajstić information content (AvgIpc) is 2.59. The highest BCUT2D eigenvalue weighted by Gasteiger charge is 2.54. The molecule has 0 aromatic heterocycles. The van der Waals surface area contributed by atoms with Crippen molar-refractivity contribution in [1.82, 2.24) is 0 Å². The predicted octanol–water partition coefficient (Wildman–Crippen LogP) is 4.61. The molecular weight excluding hydrogens is 352 g/mol. The van der Waals surface area contributed by atoms with Crippen LogP contribution < -0.4 is 4.74 Å². The molecule has 2 N–H and O–H groups in total. The molecule has 4 heteroatoms. The highest BCUT2D eigenvalue weighted by Crippen LogP contribution is 2.60. The van der Waals surface area contributed by atoms with Crippen LogP contribution in [0.2, 0.25) is 0 Å². The quantitative estimate of drug-likeness (QED) is 0.742. The lowest BCUT2D eigenvalue weighted by Crippen LogP contribution is -2.53. The predicted molar refractivity (Wildman–Crippen MR) is 106 cm³/mol. The van der Waals surface area contributed by atoms with Crippen molar-refractivity contribution < 1.29 is 19.7 Å². The molecule has 3 heterocycles. The Hall–Kier alpha value is -1.26. The van der Waals surface area contributed by atoms with E-state index in [4.69, 9.17) is 9.47 Å². The monoisotopic (exact) mass is 384 g/mol. The van der Waals surface area contributed by atoms with Gasteiger partial charge in [0.05, 0.1) is 17.8 Å². The zero-order valence-electron chi connectivity index (χ0n) is 17.0. The molecule has 0 amide bonds. The van der Waals surface area contributed by atoms with Crippen LogP contribution in [0, 0.1) is 17.8 Å². The Morgan fingerprint density at radius 1 is 1.00 bits per heavy atom. The largest absolute Gasteiger partial charge is 0.508 e. The van der Waals surface area contributed by atoms with E-state index in [9.17, 15) is 10.2 Å². The van der Waals surface area contributed by atoms with Gasteiger partial charge in [-0.15, -0.1) is 0 Å². The van der Waals surface area contributed by atoms with Gasteiger partial charge in [0.25, 0.3) is 0 Å². The van der Waals surface area contributed by atoms with Crippen LogP contribution in [0.5, 0.6) is 11.5 Å². The number of aliphatic hydroxyl groups is 1. The lowest BCUT2D eigenvalue weighted by Gasteiger charge is -2.57. The SMILES string of the molecule is CC1(C)Oc2cc(C34CC5CC(CC(C5)O3)C4)cc(O)c2[C@@H]2C[C@H](O)CC[C@H]21. The fraction of sp³-hybridized carbons (Fsp3) is 0.750. The van der Waals surface area contributed by atoms with Gasteiger partial charge in [0.1, 0.15) is 17.1 Å². The highest BCUT2D eigenvalue weighted by molar-refractivity contribution is 5.53. The summed E-state index contributed by atoms with van der Waals surface area (Å²) in [4.78, 5) is 0. The smallest absolute Gasteiger partial charge is 0.127 e. The van der Waals surface area contributed by atoms with Crippen LogP contribution in [0.25, 0.3) is 0 Å². The molecule has 1 aromatic carbocycles. The van der Waals surface area contributed by atoms with Gasteiger partial charge in [-0.1, -0.05) is 0 Å². The first-order valence-electron chi connectivity index (χ1n) is 11.3. The maximum atomic E-state index is 11.1. The van der Waals surface area contributed by atoms with Gasteiger partial charge in [0.15, 0.2) is 0 Å². The fourth-order valence-electron chi connectivity index (χ4n) is 7.66. The maximum absolute atomic E-state index is 11.1. The summed E-state index contributed by atoms with van der Waals surface area (Å²) in [6, 6.07) is 4.13. The van der Waals surface area contributed by atoms with E-state index in [-0.39, 0.29) is 23.2 Å². The van der Waals surface area contributed by atoms with Gasteiger partial charge in [0.2, 0.25) is 0 Å². The zero-order chi connectivity index (χ0) is 19.3. The van der Waals surface area contributed by atoms with Crippen molar-refractivity contribution in [2.24, 2.45) is 17.8 Å². The second-order valence-corrected chi connectivity index (χ2v) is 10.9. The molecule has 2 unspecified atom stereocenters. The Bertz CT molecular complexity index is 778. The van der Waals surface area contributed by atoms with E-state index in [1.165, 1.54) is 19.3 Å². The number of hydrogen-bond acceptors (Lipinski definition) is 4. The van der Waals surface area contributed by atoms with Gasteiger partial charge in [-0.2, -0.15) is 0 Å². The number of fused-ring (bicyclic) bond motifs is 3. The van der Waals surface area contributed by atoms with E-state index in [1.54, 1.807) is 0 Å². The zero-order valence-corrected chi connectivity index (χ0v) is 17.0. The molecule has 3 aliphatic carbocycles. The molecule has 4 nitrogen and oxygen atoms in total. The number of ether oxygens (including phenoxy) is 2. The van der Waals surface area contributed by atoms with Crippen molar-refractivity contribution in [2.45, 2.75) is 94.5 Å². The van der Waals surface area contributed by atoms with E-state index < -0.39 is 0 Å². The Balaban J connectivity index is 1.44. The first kappa shape index (κ1) is 17.6. The summed E-state index contributed by atoms with van der Waals surface area (Å²) in [6.07, 6.45) is 8.50. The van der Waals surface area contributed by atoms with E-state index in [1.807, 2.05) is 6.07 Å². The summed E-state index contributed by atoms with van der Waals surface area (Å²) in [7, 11) is 0. The lowest BCUT2D eigenvalue weighted by atomic mass is 9.60. The minimum absolute atomic E-state index is 0.161. The summed E-state index contributed by atoms with van der Waals surface area (Å²) in [5.41, 5.74) is 1.49. The van der Waals surface area contributed by atoms with Crippen LogP contribution in [0.4, 0.5) is 0 Å². The average molecular weight is 385 g/mol. The number of hydrogen-bond donors (Lipinski definition) is 2. The number of phenols is 1. The van der Waals surface area contributed by atoms with Crippen molar-refractivity contribution in [3.63, 3.8) is 0 Å². The van der Waals surface area contributed by atoms with Gasteiger partial charge >= 0.3 is 0 Å². The van der Waals surface area contributed by atoms with Crippen molar-refractivity contribution in [3.05, 3.63) is 23.3 Å². The van der Waals surface area contributed by atoms with Crippen molar-refractivity contribution >= 4 is 0 Å². The molecule has 3 saturated carbocycles. The van der Waals surface area contributed by atoms with Gasteiger partial charge in [-0.25, -0.2) is 0 Å². The molecule has 0 spiro atoms. The number of phenolic OH excluding ortho intramolecular Hbond substituents is 1. The van der Waals surface area contributed by atoms with Crippen molar-refractivity contribution in [1.29, 1.82) is 0 Å². The fourth-order valence-corrected chi connectivity index (χ4v) is 7.66. The third-order valence-corrected chi connectivity index (χ3v) is 8.59. The summed E-state index contributed by atoms with van der Waals surface area (Å²) in [6.45, 7) is 4.33. The Kier molecular flexibility index (Phi) is 3.56. The Labute approximate surface area is 167 Å². The molecule has 3 aliphatic heterocycles. The number of rotatable bonds is 1. The normalized spacial score (nSPS) is 45.2. The van der Waals surface area contributed by atoms with Crippen molar-refractivity contribution in [2.75, 3.05) is 0 Å². The molecule has 7 rings (SSSR count). The third-order valence-electron chi connectivity index (χ3n) is 8.59. The van der Waals surface area contributed by atoms with Crippen LogP contribution in [-0.4, -0.2) is 28.0 Å². The van der Waals surface area contributed by atoms with Gasteiger partial charge in [-0.3, -0.25) is 0 Å². The first-order valence-corrected chi connectivity index (χ1v) is 11.3. The van der Waals surface area contributed by atoms with E-state index >= 15 is 0 Å². The van der Waals surface area contributed by atoms with Crippen molar-refractivity contribution in [3.8, 4) is 11.5 Å². The van der Waals surface area contributed by atoms with Crippen LogP contribution in [-0.2, 0) is 10.3 Å². The number of aliphatic hydroxyl groups excluding tert-OH is 1. The maximum Gasteiger partial charge on any atom is 0.127 e. The molecule has 1 aromatic rings. The van der Waals surface area contributed by atoms with Gasteiger partial charge in [-0.05, 0) is 94.7 Å². The van der Waals surface area contributed by atoms with E-state index in [0.29, 0.717) is 24.2 Å². The molecule has 4 bridgehead atoms. The molecule has 2 saturated heterocycles.